The molecule has 3 saturated heterocycles. The van der Waals surface area contributed by atoms with Crippen molar-refractivity contribution in [1.82, 2.24) is 5.32 Å². The Morgan fingerprint density at radius 2 is 1.80 bits per heavy atom. The Bertz CT molecular complexity index is 634. The predicted molar refractivity (Wildman–Crippen MR) is 90.2 cm³/mol. The summed E-state index contributed by atoms with van der Waals surface area (Å²) in [5, 5.41) is 13.5. The number of aliphatic hydroxyl groups is 1. The molecular weight excluding hydrogens is 324 g/mol. The number of piperidine rings is 1. The van der Waals surface area contributed by atoms with E-state index >= 15 is 0 Å². The van der Waals surface area contributed by atoms with Crippen molar-refractivity contribution in [3.05, 3.63) is 18.2 Å². The average molecular weight is 348 g/mol. The van der Waals surface area contributed by atoms with Crippen LogP contribution in [-0.4, -0.2) is 68.6 Å². The molecular formula is C18H24N2O5. The molecule has 4 aliphatic rings. The lowest BCUT2D eigenvalue weighted by Crippen LogP contribution is -2.50. The van der Waals surface area contributed by atoms with Crippen molar-refractivity contribution in [1.29, 1.82) is 0 Å². The second kappa shape index (κ2) is 6.32. The molecule has 4 atom stereocenters. The van der Waals surface area contributed by atoms with Crippen LogP contribution in [0.5, 0.6) is 11.5 Å². The molecule has 136 valence electrons. The van der Waals surface area contributed by atoms with Crippen LogP contribution in [0, 0.1) is 0 Å². The van der Waals surface area contributed by atoms with E-state index in [1.807, 2.05) is 6.07 Å². The van der Waals surface area contributed by atoms with Crippen LogP contribution in [0.25, 0.3) is 0 Å². The molecule has 3 fully saturated rings. The number of rotatable bonds is 3. The maximum atomic E-state index is 9.85. The lowest BCUT2D eigenvalue weighted by Gasteiger charge is -2.35. The number of benzene rings is 1. The summed E-state index contributed by atoms with van der Waals surface area (Å²) in [5.74, 6) is 1.67. The van der Waals surface area contributed by atoms with Gasteiger partial charge in [0.1, 0.15) is 18.3 Å². The third-order valence-corrected chi connectivity index (χ3v) is 5.69. The van der Waals surface area contributed by atoms with Crippen molar-refractivity contribution in [2.75, 3.05) is 38.0 Å². The minimum absolute atomic E-state index is 0.0121. The number of ether oxygens (including phenoxy) is 4. The number of fused-ring (bicyclic) bond motifs is 2. The lowest BCUT2D eigenvalue weighted by atomic mass is 10.0. The van der Waals surface area contributed by atoms with Crippen molar-refractivity contribution >= 4 is 5.69 Å². The van der Waals surface area contributed by atoms with Crippen LogP contribution in [0.15, 0.2) is 18.2 Å². The number of aliphatic hydroxyl groups excluding tert-OH is 1. The van der Waals surface area contributed by atoms with Gasteiger partial charge >= 0.3 is 0 Å². The number of hydrogen-bond acceptors (Lipinski definition) is 7. The highest BCUT2D eigenvalue weighted by atomic mass is 16.7. The Hall–Kier alpha value is -1.54. The smallest absolute Gasteiger partial charge is 0.231 e. The first-order valence-electron chi connectivity index (χ1n) is 9.10. The van der Waals surface area contributed by atoms with Crippen molar-refractivity contribution in [3.63, 3.8) is 0 Å². The molecule has 0 saturated carbocycles. The molecule has 0 aliphatic carbocycles. The van der Waals surface area contributed by atoms with E-state index in [1.165, 1.54) is 5.69 Å². The molecule has 7 nitrogen and oxygen atoms in total. The first-order valence-corrected chi connectivity index (χ1v) is 9.10. The zero-order valence-corrected chi connectivity index (χ0v) is 14.1. The summed E-state index contributed by atoms with van der Waals surface area (Å²) in [5.41, 5.74) is 1.19. The van der Waals surface area contributed by atoms with Gasteiger partial charge in [0, 0.05) is 30.9 Å². The predicted octanol–water partition coefficient (Wildman–Crippen LogP) is 0.501. The van der Waals surface area contributed by atoms with E-state index < -0.39 is 6.10 Å². The number of anilines is 1. The molecule has 1 aromatic rings. The van der Waals surface area contributed by atoms with Crippen LogP contribution in [0.2, 0.25) is 0 Å². The van der Waals surface area contributed by atoms with Crippen LogP contribution in [-0.2, 0) is 9.47 Å². The highest BCUT2D eigenvalue weighted by molar-refractivity contribution is 5.57. The van der Waals surface area contributed by atoms with Gasteiger partial charge < -0.3 is 34.3 Å². The standard InChI is InChI=1S/C18H24N2O5/c21-14-9-23-17-13(8-22-18(14)17)19-11-3-5-20(6-4-11)12-1-2-15-16(7-12)25-10-24-15/h1-2,7,11,13-14,17-19,21H,3-6,8-10H2/t13-,14-,17-,18-/m1/s1. The summed E-state index contributed by atoms with van der Waals surface area (Å²) in [6.45, 7) is 3.32. The van der Waals surface area contributed by atoms with Crippen molar-refractivity contribution in [2.45, 2.75) is 43.2 Å². The monoisotopic (exact) mass is 348 g/mol. The Kier molecular flexibility index (Phi) is 3.97. The zero-order valence-electron chi connectivity index (χ0n) is 14.1. The second-order valence-corrected chi connectivity index (χ2v) is 7.24. The fraction of sp³-hybridized carbons (Fsp3) is 0.667. The summed E-state index contributed by atoms with van der Waals surface area (Å²) < 4.78 is 22.3. The van der Waals surface area contributed by atoms with Gasteiger partial charge in [-0.1, -0.05) is 0 Å². The molecule has 0 spiro atoms. The summed E-state index contributed by atoms with van der Waals surface area (Å²) in [7, 11) is 0. The van der Waals surface area contributed by atoms with Gasteiger partial charge in [-0.2, -0.15) is 0 Å². The fourth-order valence-electron chi connectivity index (χ4n) is 4.31. The van der Waals surface area contributed by atoms with Gasteiger partial charge in [0.05, 0.1) is 19.3 Å². The van der Waals surface area contributed by atoms with Crippen LogP contribution in [0.3, 0.4) is 0 Å². The summed E-state index contributed by atoms with van der Waals surface area (Å²) in [6, 6.07) is 6.80. The molecule has 4 heterocycles. The molecule has 0 bridgehead atoms. The SMILES string of the molecule is O[C@@H]1CO[C@H]2[C@@H]1OC[C@H]2NC1CCN(c2ccc3c(c2)OCO3)CC1. The Morgan fingerprint density at radius 3 is 2.68 bits per heavy atom. The van der Waals surface area contributed by atoms with E-state index in [4.69, 9.17) is 18.9 Å². The molecule has 0 radical (unpaired) electrons. The van der Waals surface area contributed by atoms with E-state index in [2.05, 4.69) is 22.3 Å². The molecule has 2 N–H and O–H groups in total. The van der Waals surface area contributed by atoms with Crippen molar-refractivity contribution < 1.29 is 24.1 Å². The zero-order chi connectivity index (χ0) is 16.8. The van der Waals surface area contributed by atoms with Crippen molar-refractivity contribution in [2.24, 2.45) is 0 Å². The number of hydrogen-bond donors (Lipinski definition) is 2. The van der Waals surface area contributed by atoms with E-state index in [0.29, 0.717) is 26.0 Å². The normalized spacial score (nSPS) is 34.5. The Balaban J connectivity index is 1.17. The van der Waals surface area contributed by atoms with Crippen LogP contribution in [0.1, 0.15) is 12.8 Å². The first kappa shape index (κ1) is 15.7. The van der Waals surface area contributed by atoms with Gasteiger partial charge in [-0.3, -0.25) is 0 Å². The molecule has 7 heteroatoms. The Morgan fingerprint density at radius 1 is 1.00 bits per heavy atom. The van der Waals surface area contributed by atoms with E-state index in [1.54, 1.807) is 0 Å². The van der Waals surface area contributed by atoms with Gasteiger partial charge in [0.2, 0.25) is 6.79 Å². The average Bonchev–Trinajstić information content (AvgIpc) is 3.34. The molecule has 4 aliphatic heterocycles. The minimum Gasteiger partial charge on any atom is -0.454 e. The quantitative estimate of drug-likeness (QED) is 0.824. The maximum Gasteiger partial charge on any atom is 0.231 e. The lowest BCUT2D eigenvalue weighted by molar-refractivity contribution is 0.0176. The second-order valence-electron chi connectivity index (χ2n) is 7.24. The van der Waals surface area contributed by atoms with Gasteiger partial charge in [-0.25, -0.2) is 0 Å². The van der Waals surface area contributed by atoms with Crippen molar-refractivity contribution in [3.8, 4) is 11.5 Å². The fourth-order valence-corrected chi connectivity index (χ4v) is 4.31. The van der Waals surface area contributed by atoms with Gasteiger partial charge in [-0.05, 0) is 25.0 Å². The molecule has 0 unspecified atom stereocenters. The largest absolute Gasteiger partial charge is 0.454 e. The van der Waals surface area contributed by atoms with Crippen LogP contribution < -0.4 is 19.7 Å². The minimum atomic E-state index is -0.482. The topological polar surface area (TPSA) is 72.4 Å². The Labute approximate surface area is 146 Å². The van der Waals surface area contributed by atoms with E-state index in [0.717, 1.165) is 37.4 Å². The number of nitrogens with one attached hydrogen (secondary N) is 1. The molecule has 5 rings (SSSR count). The number of nitrogens with zero attached hydrogens (tertiary/aromatic N) is 1. The molecule has 0 aromatic heterocycles. The highest BCUT2D eigenvalue weighted by Gasteiger charge is 2.47. The molecule has 1 aromatic carbocycles. The highest BCUT2D eigenvalue weighted by Crippen LogP contribution is 2.36. The third kappa shape index (κ3) is 2.85. The third-order valence-electron chi connectivity index (χ3n) is 5.69. The summed E-state index contributed by atoms with van der Waals surface area (Å²) >= 11 is 0. The van der Waals surface area contributed by atoms with E-state index in [9.17, 15) is 5.11 Å². The van der Waals surface area contributed by atoms with E-state index in [-0.39, 0.29) is 18.2 Å². The van der Waals surface area contributed by atoms with Gasteiger partial charge in [0.15, 0.2) is 11.5 Å². The molecule has 0 amide bonds. The molecule has 25 heavy (non-hydrogen) atoms. The van der Waals surface area contributed by atoms with Gasteiger partial charge in [-0.15, -0.1) is 0 Å². The van der Waals surface area contributed by atoms with Crippen LogP contribution >= 0.6 is 0 Å². The summed E-state index contributed by atoms with van der Waals surface area (Å²) in [4.78, 5) is 2.39. The first-order chi connectivity index (χ1) is 12.3. The maximum absolute atomic E-state index is 9.85. The summed E-state index contributed by atoms with van der Waals surface area (Å²) in [6.07, 6.45) is 1.49. The van der Waals surface area contributed by atoms with Crippen LogP contribution in [0.4, 0.5) is 5.69 Å². The van der Waals surface area contributed by atoms with Gasteiger partial charge in [0.25, 0.3) is 0 Å².